The van der Waals surface area contributed by atoms with Crippen molar-refractivity contribution in [1.29, 1.82) is 5.26 Å². The Balaban J connectivity index is 2.70. The largest absolute Gasteiger partial charge is 0.298 e. The first-order valence-corrected chi connectivity index (χ1v) is 4.48. The molecule has 3 heteroatoms. The zero-order chi connectivity index (χ0) is 8.65. The van der Waals surface area contributed by atoms with Crippen LogP contribution in [0.1, 0.15) is 20.3 Å². The van der Waals surface area contributed by atoms with Crippen LogP contribution in [0.5, 0.6) is 0 Å². The third kappa shape index (κ3) is 1.10. The quantitative estimate of drug-likeness (QED) is 0.628. The van der Waals surface area contributed by atoms with Gasteiger partial charge in [-0.25, -0.2) is 0 Å². The number of carbonyl (C=O) groups is 1. The summed E-state index contributed by atoms with van der Waals surface area (Å²) in [6, 6.07) is 2.09. The van der Waals surface area contributed by atoms with Crippen molar-refractivity contribution in [3.05, 3.63) is 0 Å². The lowest BCUT2D eigenvalue weighted by molar-refractivity contribution is -0.140. The number of halogens is 1. The fourth-order valence-corrected chi connectivity index (χ4v) is 2.89. The Morgan fingerprint density at radius 1 is 1.73 bits per heavy atom. The number of carbonyl (C=O) groups excluding carboxylic acids is 1. The van der Waals surface area contributed by atoms with Crippen LogP contribution in [0, 0.1) is 22.7 Å². The van der Waals surface area contributed by atoms with Gasteiger partial charge in [-0.3, -0.25) is 4.79 Å². The number of nitrogens with zero attached hydrogens (tertiary/aromatic N) is 1. The molecule has 0 saturated heterocycles. The molecule has 11 heavy (non-hydrogen) atoms. The van der Waals surface area contributed by atoms with Crippen molar-refractivity contribution in [3.8, 4) is 6.07 Å². The van der Waals surface area contributed by atoms with Crippen molar-refractivity contribution in [3.63, 3.8) is 0 Å². The molecule has 2 unspecified atom stereocenters. The van der Waals surface area contributed by atoms with E-state index in [0.29, 0.717) is 6.42 Å². The zero-order valence-electron chi connectivity index (χ0n) is 6.60. The lowest BCUT2D eigenvalue weighted by atomic mass is 9.60. The first-order valence-electron chi connectivity index (χ1n) is 3.57. The molecule has 0 aromatic carbocycles. The van der Waals surface area contributed by atoms with Crippen LogP contribution in [0.15, 0.2) is 0 Å². The summed E-state index contributed by atoms with van der Waals surface area (Å²) < 4.78 is 0. The van der Waals surface area contributed by atoms with Crippen LogP contribution in [0.3, 0.4) is 0 Å². The average Bonchev–Trinajstić information content (AvgIpc) is 1.98. The Morgan fingerprint density at radius 3 is 2.64 bits per heavy atom. The highest BCUT2D eigenvalue weighted by molar-refractivity contribution is 9.10. The van der Waals surface area contributed by atoms with Gasteiger partial charge in [0, 0.05) is 17.8 Å². The molecule has 0 amide bonds. The number of rotatable bonds is 1. The Hall–Kier alpha value is -0.360. The first kappa shape index (κ1) is 8.73. The van der Waals surface area contributed by atoms with Crippen molar-refractivity contribution in [1.82, 2.24) is 0 Å². The lowest BCUT2D eigenvalue weighted by Crippen LogP contribution is -2.55. The van der Waals surface area contributed by atoms with Gasteiger partial charge in [0.15, 0.2) is 5.78 Å². The molecule has 2 nitrogen and oxygen atoms in total. The fourth-order valence-electron chi connectivity index (χ4n) is 1.45. The molecule has 60 valence electrons. The summed E-state index contributed by atoms with van der Waals surface area (Å²) in [6.45, 7) is 3.80. The van der Waals surface area contributed by atoms with E-state index in [1.165, 1.54) is 0 Å². The topological polar surface area (TPSA) is 40.9 Å². The molecular formula is C8H10BrNO. The SMILES string of the molecule is CC1(C)C(=O)C(Br)C1CC#N. The van der Waals surface area contributed by atoms with E-state index in [1.807, 2.05) is 13.8 Å². The van der Waals surface area contributed by atoms with Gasteiger partial charge in [-0.05, 0) is 0 Å². The van der Waals surface area contributed by atoms with E-state index in [2.05, 4.69) is 22.0 Å². The molecule has 1 saturated carbocycles. The second-order valence-corrected chi connectivity index (χ2v) is 4.44. The normalized spacial score (nSPS) is 34.2. The summed E-state index contributed by atoms with van der Waals surface area (Å²) in [6.07, 6.45) is 0.467. The summed E-state index contributed by atoms with van der Waals surface area (Å²) >= 11 is 3.27. The highest BCUT2D eigenvalue weighted by Gasteiger charge is 2.54. The van der Waals surface area contributed by atoms with Crippen molar-refractivity contribution in [2.45, 2.75) is 25.1 Å². The van der Waals surface area contributed by atoms with Gasteiger partial charge in [0.05, 0.1) is 10.9 Å². The summed E-state index contributed by atoms with van der Waals surface area (Å²) in [5.41, 5.74) is -0.288. The molecule has 1 aliphatic rings. The smallest absolute Gasteiger partial charge is 0.152 e. The van der Waals surface area contributed by atoms with Crippen LogP contribution < -0.4 is 0 Å². The molecule has 0 bridgehead atoms. The van der Waals surface area contributed by atoms with Crippen molar-refractivity contribution < 1.29 is 4.79 Å². The number of ketones is 1. The van der Waals surface area contributed by atoms with Crippen molar-refractivity contribution >= 4 is 21.7 Å². The molecule has 0 aliphatic heterocycles. The average molecular weight is 216 g/mol. The Bertz CT molecular complexity index is 229. The molecule has 0 radical (unpaired) electrons. The second kappa shape index (κ2) is 2.60. The zero-order valence-corrected chi connectivity index (χ0v) is 8.18. The van der Waals surface area contributed by atoms with Crippen molar-refractivity contribution in [2.24, 2.45) is 11.3 Å². The molecule has 0 aromatic rings. The molecule has 1 aliphatic carbocycles. The molecular weight excluding hydrogens is 206 g/mol. The van der Waals surface area contributed by atoms with Crippen LogP contribution in [0.4, 0.5) is 0 Å². The monoisotopic (exact) mass is 215 g/mol. The Morgan fingerprint density at radius 2 is 2.27 bits per heavy atom. The molecule has 1 rings (SSSR count). The van der Waals surface area contributed by atoms with Gasteiger partial charge in [-0.1, -0.05) is 29.8 Å². The van der Waals surface area contributed by atoms with Gasteiger partial charge < -0.3 is 0 Å². The number of hydrogen-bond donors (Lipinski definition) is 0. The second-order valence-electron chi connectivity index (χ2n) is 3.46. The lowest BCUT2D eigenvalue weighted by Gasteiger charge is -2.45. The van der Waals surface area contributed by atoms with Gasteiger partial charge in [-0.15, -0.1) is 0 Å². The van der Waals surface area contributed by atoms with E-state index < -0.39 is 0 Å². The Kier molecular flexibility index (Phi) is 2.06. The number of hydrogen-bond acceptors (Lipinski definition) is 2. The van der Waals surface area contributed by atoms with Crippen LogP contribution in [-0.2, 0) is 4.79 Å². The van der Waals surface area contributed by atoms with Gasteiger partial charge in [-0.2, -0.15) is 5.26 Å². The van der Waals surface area contributed by atoms with Crippen molar-refractivity contribution in [2.75, 3.05) is 0 Å². The van der Waals surface area contributed by atoms with E-state index in [-0.39, 0.29) is 21.9 Å². The molecule has 1 fully saturated rings. The van der Waals surface area contributed by atoms with Crippen LogP contribution in [-0.4, -0.2) is 10.6 Å². The third-order valence-electron chi connectivity index (χ3n) is 2.48. The van der Waals surface area contributed by atoms with Gasteiger partial charge in [0.1, 0.15) is 0 Å². The summed E-state index contributed by atoms with van der Waals surface area (Å²) in [5, 5.41) is 8.46. The minimum atomic E-state index is -0.288. The minimum Gasteiger partial charge on any atom is -0.298 e. The molecule has 0 heterocycles. The number of alkyl halides is 1. The van der Waals surface area contributed by atoms with E-state index in [1.54, 1.807) is 0 Å². The van der Waals surface area contributed by atoms with Gasteiger partial charge >= 0.3 is 0 Å². The maximum Gasteiger partial charge on any atom is 0.152 e. The predicted octanol–water partition coefficient (Wildman–Crippen LogP) is 1.89. The highest BCUT2D eigenvalue weighted by atomic mass is 79.9. The van der Waals surface area contributed by atoms with E-state index in [9.17, 15) is 4.79 Å². The number of nitriles is 1. The van der Waals surface area contributed by atoms with Gasteiger partial charge in [0.2, 0.25) is 0 Å². The summed E-state index contributed by atoms with van der Waals surface area (Å²) in [4.78, 5) is 11.1. The van der Waals surface area contributed by atoms with Crippen LogP contribution >= 0.6 is 15.9 Å². The maximum absolute atomic E-state index is 11.2. The minimum absolute atomic E-state index is 0.0860. The highest BCUT2D eigenvalue weighted by Crippen LogP contribution is 2.48. The maximum atomic E-state index is 11.2. The summed E-state index contributed by atoms with van der Waals surface area (Å²) in [5.74, 6) is 0.415. The van der Waals surface area contributed by atoms with Crippen LogP contribution in [0.2, 0.25) is 0 Å². The predicted molar refractivity (Wildman–Crippen MR) is 45.2 cm³/mol. The first-order chi connectivity index (χ1) is 5.01. The van der Waals surface area contributed by atoms with Crippen LogP contribution in [0.25, 0.3) is 0 Å². The summed E-state index contributed by atoms with van der Waals surface area (Å²) in [7, 11) is 0. The standard InChI is InChI=1S/C8H10BrNO/c1-8(2)5(3-4-10)6(9)7(8)11/h5-6H,3H2,1-2H3. The fraction of sp³-hybridized carbons (Fsp3) is 0.750. The Labute approximate surface area is 74.7 Å². The van der Waals surface area contributed by atoms with E-state index >= 15 is 0 Å². The number of Topliss-reactive ketones (excluding diaryl/α,β-unsaturated/α-hetero) is 1. The molecule has 0 aromatic heterocycles. The third-order valence-corrected chi connectivity index (χ3v) is 3.53. The van der Waals surface area contributed by atoms with E-state index in [0.717, 1.165) is 0 Å². The van der Waals surface area contributed by atoms with Gasteiger partial charge in [0.25, 0.3) is 0 Å². The molecule has 0 spiro atoms. The molecule has 0 N–H and O–H groups in total. The molecule has 2 atom stereocenters. The van der Waals surface area contributed by atoms with E-state index in [4.69, 9.17) is 5.26 Å².